The molecule has 0 aromatic heterocycles. The molecule has 0 bridgehead atoms. The molecule has 0 radical (unpaired) electrons. The molecule has 98 heavy (non-hydrogen) atoms. The number of rotatable bonds is 16. The first-order valence-corrected chi connectivity index (χ1v) is 34.1. The van der Waals surface area contributed by atoms with Gasteiger partial charge in [-0.2, -0.15) is 0 Å². The van der Waals surface area contributed by atoms with E-state index in [4.69, 9.17) is 61.6 Å². The van der Waals surface area contributed by atoms with Crippen LogP contribution < -0.4 is 0 Å². The predicted octanol–water partition coefficient (Wildman–Crippen LogP) is -4.69. The van der Waals surface area contributed by atoms with Crippen molar-refractivity contribution in [3.8, 4) is 0 Å². The first kappa shape index (κ1) is 76.2. The Morgan fingerprint density at radius 1 is 0.531 bits per heavy atom. The van der Waals surface area contributed by atoms with Gasteiger partial charge < -0.3 is 148 Å². The third kappa shape index (κ3) is 12.9. The van der Waals surface area contributed by atoms with Gasteiger partial charge in [0.2, 0.25) is 6.29 Å². The van der Waals surface area contributed by atoms with Crippen LogP contribution >= 0.6 is 0 Å². The van der Waals surface area contributed by atoms with E-state index in [1.165, 1.54) is 13.8 Å². The van der Waals surface area contributed by atoms with Crippen molar-refractivity contribution in [3.05, 3.63) is 11.6 Å². The molecule has 0 aromatic rings. The van der Waals surface area contributed by atoms with E-state index in [-0.39, 0.29) is 25.2 Å². The molecule has 33 nitrogen and oxygen atoms in total. The van der Waals surface area contributed by atoms with Gasteiger partial charge >= 0.3 is 17.9 Å². The molecular weight excluding hydrogens is 1310 g/mol. The zero-order chi connectivity index (χ0) is 71.7. The van der Waals surface area contributed by atoms with Crippen LogP contribution in [-0.2, 0) is 76.0 Å². The number of aliphatic carboxylic acids is 1. The zero-order valence-corrected chi connectivity index (χ0v) is 56.2. The van der Waals surface area contributed by atoms with Gasteiger partial charge in [-0.1, -0.05) is 46.3 Å². The van der Waals surface area contributed by atoms with E-state index < -0.39 is 266 Å². The van der Waals surface area contributed by atoms with Crippen molar-refractivity contribution in [2.45, 2.75) is 310 Å². The molecule has 6 saturated heterocycles. The lowest BCUT2D eigenvalue weighted by molar-refractivity contribution is -0.382. The maximum absolute atomic E-state index is 16.1. The number of carbonyl (C=O) groups is 3. The molecule has 6 aliphatic heterocycles. The van der Waals surface area contributed by atoms with E-state index in [1.54, 1.807) is 6.92 Å². The van der Waals surface area contributed by atoms with Crippen molar-refractivity contribution < 1.29 is 163 Å². The van der Waals surface area contributed by atoms with Gasteiger partial charge in [0.05, 0.1) is 49.8 Å². The van der Waals surface area contributed by atoms with Crippen LogP contribution in [0.3, 0.4) is 0 Å². The number of ether oxygens (including phenoxy) is 13. The second kappa shape index (κ2) is 28.2. The van der Waals surface area contributed by atoms with Gasteiger partial charge in [0.1, 0.15) is 109 Å². The Morgan fingerprint density at radius 2 is 1.08 bits per heavy atom. The number of aliphatic hydroxyl groups excluding tert-OH is 15. The number of carboxylic acid groups (broad SMARTS) is 1. The lowest BCUT2D eigenvalue weighted by Crippen LogP contribution is -2.70. The molecule has 6 heterocycles. The monoisotopic (exact) mass is 1410 g/mol. The molecule has 5 aliphatic carbocycles. The number of allylic oxidation sites excluding steroid dienone is 2. The number of carbonyl (C=O) groups excluding carboxylic acids is 2. The average Bonchev–Trinajstić information content (AvgIpc) is 0.683. The Bertz CT molecular complexity index is 2870. The molecule has 4 saturated carbocycles. The summed E-state index contributed by atoms with van der Waals surface area (Å²) in [6, 6.07) is 0. The van der Waals surface area contributed by atoms with Crippen LogP contribution in [0.25, 0.3) is 0 Å². The normalized spacial score (nSPS) is 54.0. The van der Waals surface area contributed by atoms with Gasteiger partial charge in [-0.05, 0) is 118 Å². The SMILES string of the molecule is CC(=O)OC1C(C)OC(OC(=O)C23CCC(C)(C)CC2C2=CCC4C5(C)CCC(OC6OC(C(=O)O)C(O)C(O)C6OC6OC(CO)C(O)C(O)C6O)C(C)(O)C5CCC4(C)C2(C)CC3O)C(OC2OC(C)C(OC3OCC(O)C(O)C3O)C(O)C2O)C1OC1OC(CO)C(O)C1O. The van der Waals surface area contributed by atoms with Gasteiger partial charge in [0.25, 0.3) is 0 Å². The van der Waals surface area contributed by atoms with Gasteiger partial charge in [-0.3, -0.25) is 9.59 Å². The Labute approximate surface area is 565 Å². The van der Waals surface area contributed by atoms with Crippen LogP contribution in [0.5, 0.6) is 0 Å². The summed E-state index contributed by atoms with van der Waals surface area (Å²) in [4.78, 5) is 41.5. The van der Waals surface area contributed by atoms with Gasteiger partial charge in [-0.25, -0.2) is 4.79 Å². The minimum absolute atomic E-state index is 0.0332. The summed E-state index contributed by atoms with van der Waals surface area (Å²) < 4.78 is 78.6. The van der Waals surface area contributed by atoms with Crippen LogP contribution in [-0.4, -0.2) is 314 Å². The first-order chi connectivity index (χ1) is 45.8. The number of carboxylic acids is 1. The van der Waals surface area contributed by atoms with Gasteiger partial charge in [0.15, 0.2) is 49.8 Å². The molecule has 17 N–H and O–H groups in total. The van der Waals surface area contributed by atoms with Crippen molar-refractivity contribution in [2.75, 3.05) is 19.8 Å². The summed E-state index contributed by atoms with van der Waals surface area (Å²) in [6.07, 6.45) is -46.9. The minimum atomic E-state index is -2.12. The van der Waals surface area contributed by atoms with E-state index in [0.717, 1.165) is 12.5 Å². The Kier molecular flexibility index (Phi) is 21.9. The lowest BCUT2D eigenvalue weighted by Gasteiger charge is -2.71. The van der Waals surface area contributed by atoms with E-state index in [2.05, 4.69) is 40.7 Å². The van der Waals surface area contributed by atoms with Crippen LogP contribution in [0, 0.1) is 44.8 Å². The fourth-order valence-electron chi connectivity index (χ4n) is 18.9. The van der Waals surface area contributed by atoms with Crippen molar-refractivity contribution in [1.29, 1.82) is 0 Å². The molecule has 10 fully saturated rings. The number of esters is 2. The summed E-state index contributed by atoms with van der Waals surface area (Å²) in [5.41, 5.74) is -5.12. The van der Waals surface area contributed by atoms with Crippen LogP contribution in [0.1, 0.15) is 120 Å². The number of aliphatic hydroxyl groups is 16. The predicted molar refractivity (Wildman–Crippen MR) is 322 cm³/mol. The fourth-order valence-corrected chi connectivity index (χ4v) is 18.9. The van der Waals surface area contributed by atoms with Crippen molar-refractivity contribution >= 4 is 17.9 Å². The van der Waals surface area contributed by atoms with Gasteiger partial charge in [-0.15, -0.1) is 0 Å². The largest absolute Gasteiger partial charge is 0.479 e. The Hall–Kier alpha value is -2.93. The molecule has 11 rings (SSSR count). The summed E-state index contributed by atoms with van der Waals surface area (Å²) in [5.74, 6) is -4.91. The molecule has 560 valence electrons. The Balaban J connectivity index is 0.882. The standard InChI is InChI=1S/C65H102O33/c1-23-46(93-53-42(78)35(71)28(69)22-86-53)41(77)45(81)54(87-23)97-51-50(96-55-43(79)37(73)30(21-67)91-55)47(89-25(3)68)24(2)88-58(51)98-59(84)65-17-16-60(4,5)18-27(65)26-10-11-31-61(6)14-13-34(64(9,85)32(61)12-15-62(31,7)63(26,8)19-33(65)70)92-57-49(40(76)39(75)48(94-57)52(82)83)95-56-44(80)38(74)36(72)29(20-66)90-56/h10,23-24,27-51,53-58,66-67,69-81,85H,11-22H2,1-9H3,(H,82,83). The maximum atomic E-state index is 16.1. The molecule has 0 spiro atoms. The molecule has 0 amide bonds. The number of fused-ring (bicyclic) bond motifs is 7. The van der Waals surface area contributed by atoms with Crippen molar-refractivity contribution in [1.82, 2.24) is 0 Å². The van der Waals surface area contributed by atoms with Crippen LogP contribution in [0.4, 0.5) is 0 Å². The summed E-state index contributed by atoms with van der Waals surface area (Å²) in [6.45, 7) is 14.0. The molecule has 11 aliphatic rings. The highest BCUT2D eigenvalue weighted by Crippen LogP contribution is 2.75. The van der Waals surface area contributed by atoms with Crippen LogP contribution in [0.2, 0.25) is 0 Å². The average molecular weight is 1410 g/mol. The minimum Gasteiger partial charge on any atom is -0.479 e. The number of hydrogen-bond acceptors (Lipinski definition) is 32. The van der Waals surface area contributed by atoms with E-state index in [9.17, 15) is 96.4 Å². The van der Waals surface area contributed by atoms with Gasteiger partial charge in [0, 0.05) is 6.92 Å². The second-order valence-electron chi connectivity index (χ2n) is 31.0. The highest BCUT2D eigenvalue weighted by Gasteiger charge is 2.73. The van der Waals surface area contributed by atoms with E-state index >= 15 is 4.79 Å². The van der Waals surface area contributed by atoms with Crippen molar-refractivity contribution in [2.24, 2.45) is 44.8 Å². The quantitative estimate of drug-likeness (QED) is 0.0392. The summed E-state index contributed by atoms with van der Waals surface area (Å²) in [7, 11) is 0. The topological polar surface area (TPSA) is 515 Å². The zero-order valence-electron chi connectivity index (χ0n) is 56.2. The second-order valence-corrected chi connectivity index (χ2v) is 31.0. The van der Waals surface area contributed by atoms with E-state index in [1.807, 2.05) is 0 Å². The molecule has 0 aromatic carbocycles. The highest BCUT2D eigenvalue weighted by molar-refractivity contribution is 5.80. The third-order valence-corrected chi connectivity index (χ3v) is 24.7. The smallest absolute Gasteiger partial charge is 0.335 e. The van der Waals surface area contributed by atoms with Crippen LogP contribution in [0.15, 0.2) is 11.6 Å². The fraction of sp³-hybridized carbons (Fsp3) is 0.923. The summed E-state index contributed by atoms with van der Waals surface area (Å²) >= 11 is 0. The number of hydrogen-bond donors (Lipinski definition) is 17. The van der Waals surface area contributed by atoms with Crippen molar-refractivity contribution in [3.63, 3.8) is 0 Å². The molecule has 33 heteroatoms. The Morgan fingerprint density at radius 3 is 1.71 bits per heavy atom. The summed E-state index contributed by atoms with van der Waals surface area (Å²) in [5, 5.41) is 188. The molecule has 38 atom stereocenters. The van der Waals surface area contributed by atoms with E-state index in [0.29, 0.717) is 38.5 Å². The highest BCUT2D eigenvalue weighted by atomic mass is 16.8. The maximum Gasteiger partial charge on any atom is 0.335 e. The molecular formula is C65H102O33. The first-order valence-electron chi connectivity index (χ1n) is 34.1. The third-order valence-electron chi connectivity index (χ3n) is 24.7. The molecule has 38 unspecified atom stereocenters. The lowest BCUT2D eigenvalue weighted by atomic mass is 9.34.